The number of methoxy groups -OCH3 is 1. The van der Waals surface area contributed by atoms with E-state index < -0.39 is 5.91 Å². The van der Waals surface area contributed by atoms with Gasteiger partial charge in [0.15, 0.2) is 23.1 Å². The molecule has 0 aliphatic carbocycles. The van der Waals surface area contributed by atoms with Crippen LogP contribution in [0.25, 0.3) is 11.4 Å². The van der Waals surface area contributed by atoms with Crippen LogP contribution in [0.4, 0.5) is 17.2 Å². The predicted molar refractivity (Wildman–Crippen MR) is 176 cm³/mol. The van der Waals surface area contributed by atoms with Crippen LogP contribution in [-0.4, -0.2) is 137 Å². The molecule has 3 rings (SSSR count). The fourth-order valence-corrected chi connectivity index (χ4v) is 4.07. The Morgan fingerprint density at radius 1 is 0.875 bits per heavy atom. The van der Waals surface area contributed by atoms with Crippen LogP contribution < -0.4 is 31.7 Å². The number of rotatable bonds is 25. The van der Waals surface area contributed by atoms with Crippen LogP contribution in [0.5, 0.6) is 5.75 Å². The summed E-state index contributed by atoms with van der Waals surface area (Å²) in [6.45, 7) is 5.65. The molecule has 0 atom stereocenters. The van der Waals surface area contributed by atoms with Gasteiger partial charge in [-0.05, 0) is 12.1 Å². The normalized spacial score (nSPS) is 11.0. The van der Waals surface area contributed by atoms with Gasteiger partial charge >= 0.3 is 0 Å². The summed E-state index contributed by atoms with van der Waals surface area (Å²) in [4.78, 5) is 29.4. The molecule has 3 aromatic rings. The minimum absolute atomic E-state index is 0.0101. The standard InChI is InChI=1S/C30H46N10O8/c1-32-30(42)27-24(35-23-6-4-5-22(28(23)43-3)29-34-21-40(2)39-29)19-25(37-38-27)36-26(41)20-33-8-10-45-12-14-47-16-18-48-17-15-46-13-11-44-9-7-31/h4-6,19,21,33H,7-18,20,31H2,1-3H3,(H,32,42)(H2,35,36,37,41). The number of carbonyl (C=O) groups is 2. The first-order valence-corrected chi connectivity index (χ1v) is 15.5. The molecule has 0 fully saturated rings. The molecule has 264 valence electrons. The molecule has 0 aliphatic rings. The average molecular weight is 675 g/mol. The Balaban J connectivity index is 1.36. The number of anilines is 3. The van der Waals surface area contributed by atoms with Gasteiger partial charge in [-0.1, -0.05) is 6.07 Å². The quantitative estimate of drug-likeness (QED) is 0.0744. The minimum atomic E-state index is -0.466. The summed E-state index contributed by atoms with van der Waals surface area (Å²) in [6, 6.07) is 6.91. The van der Waals surface area contributed by atoms with Crippen molar-refractivity contribution in [3.8, 4) is 17.1 Å². The third-order valence-electron chi connectivity index (χ3n) is 6.29. The maximum Gasteiger partial charge on any atom is 0.273 e. The van der Waals surface area contributed by atoms with Crippen molar-refractivity contribution in [3.63, 3.8) is 0 Å². The third-order valence-corrected chi connectivity index (χ3v) is 6.29. The largest absolute Gasteiger partial charge is 0.494 e. The molecule has 2 aromatic heterocycles. The monoisotopic (exact) mass is 674 g/mol. The highest BCUT2D eigenvalue weighted by atomic mass is 16.6. The van der Waals surface area contributed by atoms with E-state index in [0.29, 0.717) is 108 Å². The average Bonchev–Trinajstić information content (AvgIpc) is 3.53. The second-order valence-electron chi connectivity index (χ2n) is 9.90. The molecular weight excluding hydrogens is 628 g/mol. The summed E-state index contributed by atoms with van der Waals surface area (Å²) >= 11 is 0. The summed E-state index contributed by atoms with van der Waals surface area (Å²) in [7, 11) is 4.78. The number of aromatic nitrogens is 5. The van der Waals surface area contributed by atoms with Gasteiger partial charge < -0.3 is 55.4 Å². The zero-order valence-corrected chi connectivity index (χ0v) is 27.7. The van der Waals surface area contributed by atoms with Crippen molar-refractivity contribution in [2.75, 3.05) is 110 Å². The van der Waals surface area contributed by atoms with Gasteiger partial charge in [0.05, 0.1) is 96.7 Å². The van der Waals surface area contributed by atoms with Gasteiger partial charge in [-0.25, -0.2) is 4.98 Å². The van der Waals surface area contributed by atoms with Gasteiger partial charge in [0, 0.05) is 33.3 Å². The van der Waals surface area contributed by atoms with Crippen molar-refractivity contribution in [1.29, 1.82) is 0 Å². The van der Waals surface area contributed by atoms with Gasteiger partial charge in [-0.2, -0.15) is 5.10 Å². The number of ether oxygens (including phenoxy) is 6. The van der Waals surface area contributed by atoms with Gasteiger partial charge in [0.1, 0.15) is 6.33 Å². The van der Waals surface area contributed by atoms with Crippen molar-refractivity contribution < 1.29 is 38.0 Å². The molecule has 0 saturated carbocycles. The Morgan fingerprint density at radius 2 is 1.52 bits per heavy atom. The number of hydrogen-bond donors (Lipinski definition) is 5. The van der Waals surface area contributed by atoms with Crippen LogP contribution in [0.2, 0.25) is 0 Å². The van der Waals surface area contributed by atoms with Gasteiger partial charge in [0.25, 0.3) is 5.91 Å². The summed E-state index contributed by atoms with van der Waals surface area (Å²) in [5.74, 6) is 0.261. The molecule has 2 amide bonds. The topological polar surface area (TPSA) is 220 Å². The SMILES string of the molecule is CNC(=O)c1nnc(NC(=O)CNCCOCCOCCOCCOCCOCCN)cc1Nc1cccc(-c2ncn(C)n2)c1OC. The molecular formula is C30H46N10O8. The molecule has 0 unspecified atom stereocenters. The predicted octanol–water partition coefficient (Wildman–Crippen LogP) is -0.0463. The van der Waals surface area contributed by atoms with Crippen LogP contribution in [0.1, 0.15) is 10.5 Å². The molecule has 48 heavy (non-hydrogen) atoms. The first kappa shape index (κ1) is 38.2. The van der Waals surface area contributed by atoms with E-state index in [0.717, 1.165) is 0 Å². The van der Waals surface area contributed by atoms with Crippen molar-refractivity contribution in [2.45, 2.75) is 0 Å². The first-order valence-electron chi connectivity index (χ1n) is 15.5. The molecule has 0 radical (unpaired) electrons. The van der Waals surface area contributed by atoms with Gasteiger partial charge in [0.2, 0.25) is 5.91 Å². The summed E-state index contributed by atoms with van der Waals surface area (Å²) in [6.07, 6.45) is 1.58. The Morgan fingerprint density at radius 3 is 2.10 bits per heavy atom. The molecule has 2 heterocycles. The molecule has 0 aliphatic heterocycles. The summed E-state index contributed by atoms with van der Waals surface area (Å²) in [5.41, 5.74) is 6.84. The molecule has 1 aromatic carbocycles. The number of nitrogens with one attached hydrogen (secondary N) is 4. The van der Waals surface area contributed by atoms with E-state index in [1.54, 1.807) is 30.2 Å². The van der Waals surface area contributed by atoms with E-state index in [1.807, 2.05) is 6.07 Å². The lowest BCUT2D eigenvalue weighted by atomic mass is 10.1. The van der Waals surface area contributed by atoms with Gasteiger partial charge in [-0.3, -0.25) is 14.3 Å². The van der Waals surface area contributed by atoms with Crippen molar-refractivity contribution >= 4 is 29.0 Å². The second kappa shape index (κ2) is 22.3. The molecule has 0 saturated heterocycles. The maximum absolute atomic E-state index is 12.6. The number of hydrogen-bond acceptors (Lipinski definition) is 15. The molecule has 18 nitrogen and oxygen atoms in total. The maximum atomic E-state index is 12.6. The van der Waals surface area contributed by atoms with E-state index >= 15 is 0 Å². The highest BCUT2D eigenvalue weighted by molar-refractivity contribution is 5.99. The lowest BCUT2D eigenvalue weighted by molar-refractivity contribution is -0.115. The van der Waals surface area contributed by atoms with Crippen molar-refractivity contribution in [2.24, 2.45) is 12.8 Å². The van der Waals surface area contributed by atoms with Crippen LogP contribution in [0, 0.1) is 0 Å². The molecule has 0 spiro atoms. The van der Waals surface area contributed by atoms with Crippen molar-refractivity contribution in [3.05, 3.63) is 36.3 Å². The number of nitrogens with two attached hydrogens (primary N) is 1. The van der Waals surface area contributed by atoms with E-state index in [1.165, 1.54) is 20.2 Å². The Hall–Kier alpha value is -4.30. The van der Waals surface area contributed by atoms with Crippen LogP contribution in [0.3, 0.4) is 0 Å². The fourth-order valence-electron chi connectivity index (χ4n) is 4.07. The number of carbonyl (C=O) groups excluding carboxylic acids is 2. The highest BCUT2D eigenvalue weighted by Crippen LogP contribution is 2.37. The number of amides is 2. The minimum Gasteiger partial charge on any atom is -0.494 e. The third kappa shape index (κ3) is 13.4. The number of aryl methyl sites for hydroxylation is 1. The van der Waals surface area contributed by atoms with Gasteiger partial charge in [-0.15, -0.1) is 10.2 Å². The Bertz CT molecular complexity index is 1390. The summed E-state index contributed by atoms with van der Waals surface area (Å²) < 4.78 is 34.2. The zero-order valence-electron chi connectivity index (χ0n) is 27.7. The Kier molecular flexibility index (Phi) is 17.7. The summed E-state index contributed by atoms with van der Waals surface area (Å²) in [5, 5.41) is 23.8. The second-order valence-corrected chi connectivity index (χ2v) is 9.90. The smallest absolute Gasteiger partial charge is 0.273 e. The van der Waals surface area contributed by atoms with Crippen LogP contribution in [-0.2, 0) is 35.5 Å². The lowest BCUT2D eigenvalue weighted by Crippen LogP contribution is -2.31. The van der Waals surface area contributed by atoms with Crippen molar-refractivity contribution in [1.82, 2.24) is 35.6 Å². The van der Waals surface area contributed by atoms with E-state index in [-0.39, 0.29) is 24.0 Å². The number of nitrogens with zero attached hydrogens (tertiary/aromatic N) is 5. The first-order chi connectivity index (χ1) is 23.5. The molecule has 18 heteroatoms. The van der Waals surface area contributed by atoms with E-state index in [4.69, 9.17) is 34.2 Å². The zero-order chi connectivity index (χ0) is 34.4. The van der Waals surface area contributed by atoms with Crippen LogP contribution in [0.15, 0.2) is 30.6 Å². The fraction of sp³-hybridized carbons (Fsp3) is 0.533. The molecule has 6 N–H and O–H groups in total. The molecule has 0 bridgehead atoms. The van der Waals surface area contributed by atoms with E-state index in [2.05, 4.69) is 41.5 Å². The Labute approximate surface area is 279 Å². The number of benzene rings is 1. The number of para-hydroxylation sites is 1. The lowest BCUT2D eigenvalue weighted by Gasteiger charge is -2.16. The van der Waals surface area contributed by atoms with E-state index in [9.17, 15) is 9.59 Å². The van der Waals surface area contributed by atoms with Crippen LogP contribution >= 0.6 is 0 Å². The highest BCUT2D eigenvalue weighted by Gasteiger charge is 2.19.